The summed E-state index contributed by atoms with van der Waals surface area (Å²) in [6.07, 6.45) is 5.00. The topological polar surface area (TPSA) is 108 Å². The molecular formula is C20H20ClN5O3S. The van der Waals surface area contributed by atoms with Crippen LogP contribution in [0.2, 0.25) is 5.02 Å². The normalized spacial score (nSPS) is 14.7. The van der Waals surface area contributed by atoms with Crippen molar-refractivity contribution >= 4 is 33.3 Å². The third-order valence-electron chi connectivity index (χ3n) is 5.10. The van der Waals surface area contributed by atoms with E-state index >= 15 is 0 Å². The highest BCUT2D eigenvalue weighted by Crippen LogP contribution is 2.28. The number of hydrogen-bond acceptors (Lipinski definition) is 5. The Morgan fingerprint density at radius 2 is 1.87 bits per heavy atom. The standard InChI is InChI=1S/C20H20ClN5O3S/c1-13-18(14-6-8-22-9-7-14)24-25-19(13)23-20(27)16-12-15(4-5-17(16)21)30(28,29)26-10-2-3-11-26/h4-9,12H,2-3,10-11H2,1H3,(H2,23,24,25,27). The van der Waals surface area contributed by atoms with Gasteiger partial charge >= 0.3 is 0 Å². The lowest BCUT2D eigenvalue weighted by atomic mass is 10.1. The summed E-state index contributed by atoms with van der Waals surface area (Å²) in [5.74, 6) is -0.190. The minimum absolute atomic E-state index is 0.0511. The molecule has 0 spiro atoms. The van der Waals surface area contributed by atoms with Gasteiger partial charge in [-0.2, -0.15) is 9.40 Å². The van der Waals surface area contributed by atoms with E-state index in [9.17, 15) is 13.2 Å². The lowest BCUT2D eigenvalue weighted by Crippen LogP contribution is -2.28. The van der Waals surface area contributed by atoms with E-state index in [0.29, 0.717) is 18.9 Å². The number of anilines is 1. The van der Waals surface area contributed by atoms with E-state index in [1.807, 2.05) is 19.1 Å². The molecule has 0 atom stereocenters. The summed E-state index contributed by atoms with van der Waals surface area (Å²) in [4.78, 5) is 16.9. The molecule has 8 nitrogen and oxygen atoms in total. The number of hydrogen-bond donors (Lipinski definition) is 2. The third-order valence-corrected chi connectivity index (χ3v) is 7.32. The predicted octanol–water partition coefficient (Wildman–Crippen LogP) is 3.47. The number of carbonyl (C=O) groups excluding carboxylic acids is 1. The molecule has 1 aromatic carbocycles. The molecule has 0 bridgehead atoms. The van der Waals surface area contributed by atoms with E-state index in [-0.39, 0.29) is 15.5 Å². The minimum atomic E-state index is -3.66. The molecular weight excluding hydrogens is 426 g/mol. The number of H-pyrrole nitrogens is 1. The maximum absolute atomic E-state index is 12.9. The smallest absolute Gasteiger partial charge is 0.258 e. The summed E-state index contributed by atoms with van der Waals surface area (Å²) < 4.78 is 27.1. The van der Waals surface area contributed by atoms with Gasteiger partial charge in [-0.25, -0.2) is 8.42 Å². The van der Waals surface area contributed by atoms with Crippen LogP contribution in [0.3, 0.4) is 0 Å². The number of aromatic amines is 1. The number of pyridine rings is 1. The number of nitrogens with one attached hydrogen (secondary N) is 2. The number of nitrogens with zero attached hydrogens (tertiary/aromatic N) is 3. The predicted molar refractivity (Wildman–Crippen MR) is 114 cm³/mol. The number of rotatable bonds is 5. The maximum atomic E-state index is 12.9. The second-order valence-electron chi connectivity index (χ2n) is 7.02. The summed E-state index contributed by atoms with van der Waals surface area (Å²) in [6.45, 7) is 2.79. The van der Waals surface area contributed by atoms with Crippen LogP contribution in [0.4, 0.5) is 5.82 Å². The Balaban J connectivity index is 1.61. The summed E-state index contributed by atoms with van der Waals surface area (Å²) in [5, 5.41) is 9.96. The lowest BCUT2D eigenvalue weighted by Gasteiger charge is -2.16. The van der Waals surface area contributed by atoms with Crippen molar-refractivity contribution in [2.45, 2.75) is 24.7 Å². The highest BCUT2D eigenvalue weighted by atomic mass is 35.5. The Labute approximate surface area is 179 Å². The molecule has 10 heteroatoms. The van der Waals surface area contributed by atoms with Crippen molar-refractivity contribution < 1.29 is 13.2 Å². The van der Waals surface area contributed by atoms with E-state index in [1.165, 1.54) is 22.5 Å². The maximum Gasteiger partial charge on any atom is 0.258 e. The number of benzene rings is 1. The molecule has 1 saturated heterocycles. The van der Waals surface area contributed by atoms with Crippen molar-refractivity contribution in [3.05, 3.63) is 58.9 Å². The van der Waals surface area contributed by atoms with Crippen LogP contribution in [0.15, 0.2) is 47.6 Å². The van der Waals surface area contributed by atoms with Gasteiger partial charge in [0.2, 0.25) is 10.0 Å². The summed E-state index contributed by atoms with van der Waals surface area (Å²) in [7, 11) is -3.66. The van der Waals surface area contributed by atoms with Gasteiger partial charge in [0.15, 0.2) is 5.82 Å². The fourth-order valence-electron chi connectivity index (χ4n) is 3.41. The SMILES string of the molecule is Cc1c(NC(=O)c2cc(S(=O)(=O)N3CCCC3)ccc2Cl)n[nH]c1-c1ccncc1. The Morgan fingerprint density at radius 1 is 1.17 bits per heavy atom. The quantitative estimate of drug-likeness (QED) is 0.625. The van der Waals surface area contributed by atoms with E-state index in [2.05, 4.69) is 20.5 Å². The molecule has 2 aromatic heterocycles. The number of sulfonamides is 1. The Kier molecular flexibility index (Phi) is 5.59. The highest BCUT2D eigenvalue weighted by Gasteiger charge is 2.28. The van der Waals surface area contributed by atoms with Crippen LogP contribution in [0, 0.1) is 6.92 Å². The molecule has 0 saturated carbocycles. The first-order valence-corrected chi connectivity index (χ1v) is 11.3. The van der Waals surface area contributed by atoms with Gasteiger partial charge in [0.05, 0.1) is 21.2 Å². The van der Waals surface area contributed by atoms with Crippen molar-refractivity contribution in [3.8, 4) is 11.3 Å². The summed E-state index contributed by atoms with van der Waals surface area (Å²) in [6, 6.07) is 7.83. The molecule has 156 valence electrons. The largest absolute Gasteiger partial charge is 0.305 e. The van der Waals surface area contributed by atoms with Crippen molar-refractivity contribution in [1.82, 2.24) is 19.5 Å². The zero-order valence-corrected chi connectivity index (χ0v) is 17.8. The second-order valence-corrected chi connectivity index (χ2v) is 9.36. The van der Waals surface area contributed by atoms with E-state index in [0.717, 1.165) is 29.7 Å². The van der Waals surface area contributed by atoms with Crippen LogP contribution in [-0.4, -0.2) is 46.9 Å². The Morgan fingerprint density at radius 3 is 2.57 bits per heavy atom. The van der Waals surface area contributed by atoms with Gasteiger partial charge in [0, 0.05) is 36.6 Å². The average molecular weight is 446 g/mol. The van der Waals surface area contributed by atoms with Gasteiger partial charge < -0.3 is 5.32 Å². The molecule has 0 radical (unpaired) electrons. The first-order valence-electron chi connectivity index (χ1n) is 9.44. The number of amides is 1. The van der Waals surface area contributed by atoms with Crippen molar-refractivity contribution in [3.63, 3.8) is 0 Å². The molecule has 30 heavy (non-hydrogen) atoms. The molecule has 4 rings (SSSR count). The Bertz CT molecular complexity index is 1190. The lowest BCUT2D eigenvalue weighted by molar-refractivity contribution is 0.102. The van der Waals surface area contributed by atoms with Crippen LogP contribution in [0.25, 0.3) is 11.3 Å². The van der Waals surface area contributed by atoms with E-state index in [4.69, 9.17) is 11.6 Å². The second kappa shape index (κ2) is 8.17. The van der Waals surface area contributed by atoms with Gasteiger partial charge in [0.25, 0.3) is 5.91 Å². The van der Waals surface area contributed by atoms with Crippen molar-refractivity contribution in [2.75, 3.05) is 18.4 Å². The molecule has 0 unspecified atom stereocenters. The molecule has 1 aliphatic heterocycles. The molecule has 1 fully saturated rings. The summed E-state index contributed by atoms with van der Waals surface area (Å²) >= 11 is 6.20. The molecule has 2 N–H and O–H groups in total. The number of carbonyl (C=O) groups is 1. The zero-order valence-electron chi connectivity index (χ0n) is 16.2. The first kappa shape index (κ1) is 20.5. The first-order chi connectivity index (χ1) is 14.4. The fourth-order valence-corrected chi connectivity index (χ4v) is 5.16. The van der Waals surface area contributed by atoms with Gasteiger partial charge in [0.1, 0.15) is 0 Å². The molecule has 0 aliphatic carbocycles. The van der Waals surface area contributed by atoms with Gasteiger partial charge in [-0.15, -0.1) is 0 Å². The monoisotopic (exact) mass is 445 g/mol. The summed E-state index contributed by atoms with van der Waals surface area (Å²) in [5.41, 5.74) is 2.45. The zero-order chi connectivity index (χ0) is 21.3. The van der Waals surface area contributed by atoms with Gasteiger partial charge in [-0.3, -0.25) is 14.9 Å². The molecule has 3 heterocycles. The molecule has 1 amide bonds. The Hall–Kier alpha value is -2.75. The average Bonchev–Trinajstić information content (AvgIpc) is 3.40. The minimum Gasteiger partial charge on any atom is -0.305 e. The molecule has 1 aliphatic rings. The van der Waals surface area contributed by atoms with Crippen LogP contribution < -0.4 is 5.32 Å². The number of halogens is 1. The van der Waals surface area contributed by atoms with Crippen molar-refractivity contribution in [1.29, 1.82) is 0 Å². The molecule has 3 aromatic rings. The van der Waals surface area contributed by atoms with Crippen LogP contribution >= 0.6 is 11.6 Å². The van der Waals surface area contributed by atoms with E-state index < -0.39 is 15.9 Å². The van der Waals surface area contributed by atoms with Crippen LogP contribution in [0.1, 0.15) is 28.8 Å². The van der Waals surface area contributed by atoms with Crippen molar-refractivity contribution in [2.24, 2.45) is 0 Å². The van der Waals surface area contributed by atoms with Crippen LogP contribution in [-0.2, 0) is 10.0 Å². The van der Waals surface area contributed by atoms with Gasteiger partial charge in [-0.05, 0) is 50.1 Å². The fraction of sp³-hybridized carbons (Fsp3) is 0.250. The van der Waals surface area contributed by atoms with Gasteiger partial charge in [-0.1, -0.05) is 11.6 Å². The highest BCUT2D eigenvalue weighted by molar-refractivity contribution is 7.89. The number of aromatic nitrogens is 3. The van der Waals surface area contributed by atoms with E-state index in [1.54, 1.807) is 12.4 Å². The third kappa shape index (κ3) is 3.83. The van der Waals surface area contributed by atoms with Crippen LogP contribution in [0.5, 0.6) is 0 Å².